The van der Waals surface area contributed by atoms with Gasteiger partial charge in [-0.15, -0.1) is 11.3 Å². The smallest absolute Gasteiger partial charge is 0.204 e. The summed E-state index contributed by atoms with van der Waals surface area (Å²) < 4.78 is 0. The van der Waals surface area contributed by atoms with Crippen LogP contribution in [-0.4, -0.2) is 10.7 Å². The highest BCUT2D eigenvalue weighted by Gasteiger charge is 2.09. The molecule has 0 fully saturated rings. The van der Waals surface area contributed by atoms with Crippen molar-refractivity contribution in [3.05, 3.63) is 35.2 Å². The van der Waals surface area contributed by atoms with E-state index in [9.17, 15) is 0 Å². The lowest BCUT2D eigenvalue weighted by atomic mass is 10.1. The van der Waals surface area contributed by atoms with E-state index >= 15 is 0 Å². The standard InChI is InChI=1S/C17H23N3S/c1-4-6-12-15(5-2)19-20-17-18-16(13(3)21-17)14-10-8-7-9-11-14/h7-11H,4-6,12H2,1-3H3,(H,18,20)/b19-15-. The van der Waals surface area contributed by atoms with Crippen LogP contribution in [0.5, 0.6) is 0 Å². The number of unbranched alkanes of at least 4 members (excludes halogenated alkanes) is 1. The average Bonchev–Trinajstić information content (AvgIpc) is 2.89. The lowest BCUT2D eigenvalue weighted by Gasteiger charge is -2.02. The Morgan fingerprint density at radius 3 is 2.67 bits per heavy atom. The molecule has 112 valence electrons. The fourth-order valence-corrected chi connectivity index (χ4v) is 2.91. The van der Waals surface area contributed by atoms with E-state index in [2.05, 4.69) is 48.4 Å². The Kier molecular flexibility index (Phi) is 5.93. The van der Waals surface area contributed by atoms with E-state index in [1.165, 1.54) is 23.4 Å². The van der Waals surface area contributed by atoms with Gasteiger partial charge in [-0.2, -0.15) is 5.10 Å². The molecule has 3 nitrogen and oxygen atoms in total. The molecule has 0 spiro atoms. The van der Waals surface area contributed by atoms with Crippen molar-refractivity contribution in [2.45, 2.75) is 46.5 Å². The maximum absolute atomic E-state index is 4.67. The van der Waals surface area contributed by atoms with Gasteiger partial charge >= 0.3 is 0 Å². The largest absolute Gasteiger partial charge is 0.253 e. The second-order valence-corrected chi connectivity index (χ2v) is 6.24. The van der Waals surface area contributed by atoms with Crippen molar-refractivity contribution in [3.8, 4) is 11.3 Å². The third kappa shape index (κ3) is 4.39. The van der Waals surface area contributed by atoms with Gasteiger partial charge in [0.2, 0.25) is 5.13 Å². The zero-order valence-corrected chi connectivity index (χ0v) is 13.8. The summed E-state index contributed by atoms with van der Waals surface area (Å²) in [4.78, 5) is 5.88. The van der Waals surface area contributed by atoms with Crippen molar-refractivity contribution in [2.24, 2.45) is 5.10 Å². The molecule has 1 aromatic heterocycles. The Hall–Kier alpha value is -1.68. The molecule has 0 saturated carbocycles. The fourth-order valence-electron chi connectivity index (χ4n) is 2.13. The topological polar surface area (TPSA) is 37.3 Å². The molecule has 0 atom stereocenters. The van der Waals surface area contributed by atoms with Crippen molar-refractivity contribution in [2.75, 3.05) is 5.43 Å². The number of aromatic nitrogens is 1. The summed E-state index contributed by atoms with van der Waals surface area (Å²) in [5.74, 6) is 0. The number of nitrogens with one attached hydrogen (secondary N) is 1. The monoisotopic (exact) mass is 301 g/mol. The molecule has 1 heterocycles. The Morgan fingerprint density at radius 1 is 1.24 bits per heavy atom. The van der Waals surface area contributed by atoms with Gasteiger partial charge in [0.1, 0.15) is 0 Å². The molecule has 4 heteroatoms. The van der Waals surface area contributed by atoms with Gasteiger partial charge in [0.15, 0.2) is 0 Å². The predicted octanol–water partition coefficient (Wildman–Crippen LogP) is 5.49. The summed E-state index contributed by atoms with van der Waals surface area (Å²) in [5, 5.41) is 5.38. The zero-order valence-electron chi connectivity index (χ0n) is 13.0. The number of benzene rings is 1. The summed E-state index contributed by atoms with van der Waals surface area (Å²) in [6.07, 6.45) is 4.45. The maximum Gasteiger partial charge on any atom is 0.204 e. The minimum atomic E-state index is 0.869. The van der Waals surface area contributed by atoms with Crippen LogP contribution in [-0.2, 0) is 0 Å². The molecule has 0 aliphatic heterocycles. The van der Waals surface area contributed by atoms with Crippen molar-refractivity contribution in [1.82, 2.24) is 4.98 Å². The number of hydrazone groups is 1. The number of hydrogen-bond donors (Lipinski definition) is 1. The zero-order chi connectivity index (χ0) is 15.1. The highest BCUT2D eigenvalue weighted by atomic mass is 32.1. The minimum Gasteiger partial charge on any atom is -0.253 e. The van der Waals surface area contributed by atoms with Crippen LogP contribution in [0.1, 0.15) is 44.4 Å². The first kappa shape index (κ1) is 15.7. The Bertz CT molecular complexity index is 587. The minimum absolute atomic E-state index is 0.869. The van der Waals surface area contributed by atoms with Gasteiger partial charge in [0.05, 0.1) is 5.69 Å². The molecular formula is C17H23N3S. The van der Waals surface area contributed by atoms with E-state index < -0.39 is 0 Å². The first-order valence-corrected chi connectivity index (χ1v) is 8.40. The van der Waals surface area contributed by atoms with Crippen LogP contribution in [0.25, 0.3) is 11.3 Å². The highest BCUT2D eigenvalue weighted by Crippen LogP contribution is 2.30. The molecule has 0 amide bonds. The van der Waals surface area contributed by atoms with E-state index in [4.69, 9.17) is 0 Å². The molecule has 0 aliphatic carbocycles. The molecule has 0 radical (unpaired) electrons. The fraction of sp³-hybridized carbons (Fsp3) is 0.412. The van der Waals surface area contributed by atoms with Crippen molar-refractivity contribution in [3.63, 3.8) is 0 Å². The molecule has 21 heavy (non-hydrogen) atoms. The van der Waals surface area contributed by atoms with Crippen LogP contribution < -0.4 is 5.43 Å². The molecule has 1 aromatic carbocycles. The van der Waals surface area contributed by atoms with E-state index in [1.807, 2.05) is 18.2 Å². The SMILES string of the molecule is CCCC/C(CC)=N\Nc1nc(-c2ccccc2)c(C)s1. The summed E-state index contributed by atoms with van der Waals surface area (Å²) in [5.41, 5.74) is 6.55. The van der Waals surface area contributed by atoms with Crippen LogP contribution >= 0.6 is 11.3 Å². The third-order valence-corrected chi connectivity index (χ3v) is 4.26. The number of rotatable bonds is 7. The third-order valence-electron chi connectivity index (χ3n) is 3.38. The predicted molar refractivity (Wildman–Crippen MR) is 93.2 cm³/mol. The Balaban J connectivity index is 2.10. The lowest BCUT2D eigenvalue weighted by molar-refractivity contribution is 0.824. The number of thiazole rings is 1. The van der Waals surface area contributed by atoms with Crippen molar-refractivity contribution >= 4 is 22.2 Å². The normalized spacial score (nSPS) is 11.7. The van der Waals surface area contributed by atoms with Gasteiger partial charge in [0, 0.05) is 16.2 Å². The van der Waals surface area contributed by atoms with Gasteiger partial charge in [-0.25, -0.2) is 4.98 Å². The summed E-state index contributed by atoms with van der Waals surface area (Å²) in [6, 6.07) is 10.3. The highest BCUT2D eigenvalue weighted by molar-refractivity contribution is 7.15. The molecular weight excluding hydrogens is 278 g/mol. The number of nitrogens with zero attached hydrogens (tertiary/aromatic N) is 2. The van der Waals surface area contributed by atoms with Crippen LogP contribution in [0.2, 0.25) is 0 Å². The Morgan fingerprint density at radius 2 is 2.00 bits per heavy atom. The first-order valence-electron chi connectivity index (χ1n) is 7.58. The Labute approximate surface area is 131 Å². The summed E-state index contributed by atoms with van der Waals surface area (Å²) in [6.45, 7) is 6.46. The van der Waals surface area contributed by atoms with Gasteiger partial charge < -0.3 is 0 Å². The molecule has 0 aliphatic rings. The van der Waals surface area contributed by atoms with Gasteiger partial charge in [-0.05, 0) is 26.2 Å². The molecule has 1 N–H and O–H groups in total. The van der Waals surface area contributed by atoms with Gasteiger partial charge in [-0.3, -0.25) is 5.43 Å². The van der Waals surface area contributed by atoms with E-state index in [0.717, 1.165) is 29.2 Å². The number of hydrogen-bond acceptors (Lipinski definition) is 4. The van der Waals surface area contributed by atoms with E-state index in [0.29, 0.717) is 0 Å². The average molecular weight is 301 g/mol. The van der Waals surface area contributed by atoms with Crippen molar-refractivity contribution in [1.29, 1.82) is 0 Å². The van der Waals surface area contributed by atoms with Crippen LogP contribution in [0.15, 0.2) is 35.4 Å². The van der Waals surface area contributed by atoms with Gasteiger partial charge in [-0.1, -0.05) is 50.6 Å². The summed E-state index contributed by atoms with van der Waals surface area (Å²) in [7, 11) is 0. The van der Waals surface area contributed by atoms with E-state index in [-0.39, 0.29) is 0 Å². The van der Waals surface area contributed by atoms with Crippen LogP contribution in [0, 0.1) is 6.92 Å². The molecule has 2 aromatic rings. The van der Waals surface area contributed by atoms with Crippen LogP contribution in [0.4, 0.5) is 5.13 Å². The maximum atomic E-state index is 4.67. The summed E-state index contributed by atoms with van der Waals surface area (Å²) >= 11 is 1.66. The van der Waals surface area contributed by atoms with Crippen LogP contribution in [0.3, 0.4) is 0 Å². The van der Waals surface area contributed by atoms with Crippen molar-refractivity contribution < 1.29 is 0 Å². The second kappa shape index (κ2) is 7.93. The number of aryl methyl sites for hydroxylation is 1. The first-order chi connectivity index (χ1) is 10.2. The second-order valence-electron chi connectivity index (χ2n) is 5.04. The molecule has 0 unspecified atom stereocenters. The molecule has 0 bridgehead atoms. The number of anilines is 1. The quantitative estimate of drug-likeness (QED) is 0.542. The molecule has 0 saturated heterocycles. The van der Waals surface area contributed by atoms with E-state index in [1.54, 1.807) is 11.3 Å². The molecule has 2 rings (SSSR count). The lowest BCUT2D eigenvalue weighted by Crippen LogP contribution is -2.00. The van der Waals surface area contributed by atoms with Gasteiger partial charge in [0.25, 0.3) is 0 Å².